The monoisotopic (exact) mass is 241 g/mol. The summed E-state index contributed by atoms with van der Waals surface area (Å²) in [6, 6.07) is 13.4. The van der Waals surface area contributed by atoms with E-state index in [9.17, 15) is 4.79 Å². The van der Waals surface area contributed by atoms with E-state index in [2.05, 4.69) is 4.98 Å². The van der Waals surface area contributed by atoms with Crippen LogP contribution in [0, 0.1) is 6.92 Å². The maximum atomic E-state index is 11.7. The highest BCUT2D eigenvalue weighted by Crippen LogP contribution is 2.07. The molecule has 0 aliphatic heterocycles. The summed E-state index contributed by atoms with van der Waals surface area (Å²) in [6.07, 6.45) is 1.99. The average molecular weight is 241 g/mol. The second kappa shape index (κ2) is 5.96. The van der Waals surface area contributed by atoms with Crippen molar-refractivity contribution in [3.8, 4) is 0 Å². The van der Waals surface area contributed by atoms with Crippen molar-refractivity contribution < 1.29 is 9.53 Å². The number of carbonyl (C=O) groups is 1. The van der Waals surface area contributed by atoms with Crippen LogP contribution in [0.15, 0.2) is 48.7 Å². The lowest BCUT2D eigenvalue weighted by Crippen LogP contribution is -2.09. The summed E-state index contributed by atoms with van der Waals surface area (Å²) in [5.41, 5.74) is 2.78. The molecule has 0 N–H and O–H groups in total. The molecule has 92 valence electrons. The summed E-state index contributed by atoms with van der Waals surface area (Å²) in [5, 5.41) is 0. The first-order valence-electron chi connectivity index (χ1n) is 5.86. The van der Waals surface area contributed by atoms with Gasteiger partial charge in [0.2, 0.25) is 0 Å². The van der Waals surface area contributed by atoms with E-state index < -0.39 is 0 Å². The van der Waals surface area contributed by atoms with Gasteiger partial charge in [-0.3, -0.25) is 9.78 Å². The molecule has 0 radical (unpaired) electrons. The molecular formula is C15H15NO2. The van der Waals surface area contributed by atoms with Crippen LogP contribution >= 0.6 is 0 Å². The Morgan fingerprint density at radius 3 is 2.67 bits per heavy atom. The third-order valence-corrected chi connectivity index (χ3v) is 2.69. The molecule has 1 aromatic heterocycles. The van der Waals surface area contributed by atoms with Crippen molar-refractivity contribution >= 4 is 5.97 Å². The predicted molar refractivity (Wildman–Crippen MR) is 68.9 cm³/mol. The molecule has 18 heavy (non-hydrogen) atoms. The number of rotatable bonds is 4. The van der Waals surface area contributed by atoms with Crippen LogP contribution in [0.1, 0.15) is 16.8 Å². The van der Waals surface area contributed by atoms with Gasteiger partial charge in [-0.1, -0.05) is 36.4 Å². The normalized spacial score (nSPS) is 10.1. The fraction of sp³-hybridized carbons (Fsp3) is 0.200. The number of hydrogen-bond donors (Lipinski definition) is 0. The zero-order valence-corrected chi connectivity index (χ0v) is 10.3. The first kappa shape index (κ1) is 12.3. The van der Waals surface area contributed by atoms with E-state index in [0.29, 0.717) is 6.61 Å². The number of aromatic nitrogens is 1. The molecule has 2 aromatic rings. The Balaban J connectivity index is 1.88. The van der Waals surface area contributed by atoms with E-state index in [1.807, 2.05) is 49.4 Å². The second-order valence-corrected chi connectivity index (χ2v) is 4.07. The molecule has 0 aliphatic rings. The number of ether oxygens (including phenoxy) is 1. The molecule has 0 spiro atoms. The Bertz CT molecular complexity index is 523. The second-order valence-electron chi connectivity index (χ2n) is 4.07. The van der Waals surface area contributed by atoms with Crippen LogP contribution in [0.3, 0.4) is 0 Å². The van der Waals surface area contributed by atoms with Crippen molar-refractivity contribution in [2.75, 3.05) is 0 Å². The van der Waals surface area contributed by atoms with Crippen molar-refractivity contribution in [2.45, 2.75) is 20.0 Å². The van der Waals surface area contributed by atoms with Gasteiger partial charge in [0.25, 0.3) is 0 Å². The van der Waals surface area contributed by atoms with Crippen molar-refractivity contribution in [1.29, 1.82) is 0 Å². The first-order chi connectivity index (χ1) is 8.75. The molecule has 0 saturated carbocycles. The number of esters is 1. The number of nitrogens with zero attached hydrogens (tertiary/aromatic N) is 1. The zero-order chi connectivity index (χ0) is 12.8. The molecule has 3 nitrogen and oxygen atoms in total. The van der Waals surface area contributed by atoms with E-state index in [1.54, 1.807) is 6.20 Å². The maximum absolute atomic E-state index is 11.7. The van der Waals surface area contributed by atoms with Crippen LogP contribution in [0.2, 0.25) is 0 Å². The van der Waals surface area contributed by atoms with Crippen molar-refractivity contribution in [3.05, 3.63) is 65.5 Å². The van der Waals surface area contributed by atoms with E-state index in [-0.39, 0.29) is 12.4 Å². The third-order valence-electron chi connectivity index (χ3n) is 2.69. The Morgan fingerprint density at radius 2 is 1.94 bits per heavy atom. The Kier molecular flexibility index (Phi) is 4.07. The quantitative estimate of drug-likeness (QED) is 0.772. The third kappa shape index (κ3) is 3.42. The average Bonchev–Trinajstić information content (AvgIpc) is 2.40. The summed E-state index contributed by atoms with van der Waals surface area (Å²) in [4.78, 5) is 15.8. The summed E-state index contributed by atoms with van der Waals surface area (Å²) in [5.74, 6) is -0.227. The first-order valence-corrected chi connectivity index (χ1v) is 5.86. The van der Waals surface area contributed by atoms with E-state index >= 15 is 0 Å². The van der Waals surface area contributed by atoms with Gasteiger partial charge in [-0.15, -0.1) is 0 Å². The lowest BCUT2D eigenvalue weighted by molar-refractivity contribution is -0.144. The molecule has 0 unspecified atom stereocenters. The number of hydrogen-bond acceptors (Lipinski definition) is 3. The van der Waals surface area contributed by atoms with Crippen LogP contribution in [0.5, 0.6) is 0 Å². The predicted octanol–water partition coefficient (Wildman–Crippen LogP) is 2.68. The van der Waals surface area contributed by atoms with Crippen LogP contribution in [-0.4, -0.2) is 11.0 Å². The molecule has 3 heteroatoms. The molecular weight excluding hydrogens is 226 g/mol. The van der Waals surface area contributed by atoms with Crippen molar-refractivity contribution in [3.63, 3.8) is 0 Å². The smallest absolute Gasteiger partial charge is 0.310 e. The van der Waals surface area contributed by atoms with Crippen molar-refractivity contribution in [1.82, 2.24) is 4.98 Å². The molecule has 0 aliphatic carbocycles. The minimum atomic E-state index is -0.227. The Hall–Kier alpha value is -2.16. The highest BCUT2D eigenvalue weighted by atomic mass is 16.5. The van der Waals surface area contributed by atoms with E-state index in [0.717, 1.165) is 16.8 Å². The van der Waals surface area contributed by atoms with Gasteiger partial charge in [0.15, 0.2) is 0 Å². The topological polar surface area (TPSA) is 39.2 Å². The fourth-order valence-corrected chi connectivity index (χ4v) is 1.65. The van der Waals surface area contributed by atoms with Crippen LogP contribution in [0.25, 0.3) is 0 Å². The van der Waals surface area contributed by atoms with Gasteiger partial charge in [-0.25, -0.2) is 0 Å². The Labute approximate surface area is 106 Å². The van der Waals surface area contributed by atoms with Gasteiger partial charge in [0.05, 0.1) is 6.42 Å². The van der Waals surface area contributed by atoms with Gasteiger partial charge in [-0.05, 0) is 24.1 Å². The standard InChI is InChI=1S/C15H15NO2/c1-12-14(8-5-9-16-12)10-15(17)18-11-13-6-3-2-4-7-13/h2-9H,10-11H2,1H3. The summed E-state index contributed by atoms with van der Waals surface area (Å²) in [6.45, 7) is 2.21. The molecule has 2 rings (SSSR count). The van der Waals surface area contributed by atoms with Crippen LogP contribution in [0.4, 0.5) is 0 Å². The lowest BCUT2D eigenvalue weighted by atomic mass is 10.1. The van der Waals surface area contributed by atoms with Gasteiger partial charge in [0.1, 0.15) is 6.61 Å². The lowest BCUT2D eigenvalue weighted by Gasteiger charge is -2.06. The highest BCUT2D eigenvalue weighted by Gasteiger charge is 2.07. The SMILES string of the molecule is Cc1ncccc1CC(=O)OCc1ccccc1. The highest BCUT2D eigenvalue weighted by molar-refractivity contribution is 5.72. The zero-order valence-electron chi connectivity index (χ0n) is 10.3. The summed E-state index contributed by atoms with van der Waals surface area (Å²) >= 11 is 0. The Morgan fingerprint density at radius 1 is 1.17 bits per heavy atom. The van der Waals surface area contributed by atoms with E-state index in [4.69, 9.17) is 4.74 Å². The van der Waals surface area contributed by atoms with Crippen LogP contribution < -0.4 is 0 Å². The minimum absolute atomic E-state index is 0.227. The summed E-state index contributed by atoms with van der Waals surface area (Å²) < 4.78 is 5.22. The van der Waals surface area contributed by atoms with E-state index in [1.165, 1.54) is 0 Å². The maximum Gasteiger partial charge on any atom is 0.310 e. The molecule has 1 heterocycles. The molecule has 0 fully saturated rings. The van der Waals surface area contributed by atoms with Crippen molar-refractivity contribution in [2.24, 2.45) is 0 Å². The molecule has 0 bridgehead atoms. The molecule has 0 amide bonds. The fourth-order valence-electron chi connectivity index (χ4n) is 1.65. The van der Waals surface area contributed by atoms with Gasteiger partial charge in [-0.2, -0.15) is 0 Å². The van der Waals surface area contributed by atoms with Gasteiger partial charge in [0, 0.05) is 11.9 Å². The largest absolute Gasteiger partial charge is 0.461 e. The van der Waals surface area contributed by atoms with Crippen LogP contribution in [-0.2, 0) is 22.6 Å². The molecule has 0 saturated heterocycles. The number of aryl methyl sites for hydroxylation is 1. The number of pyridine rings is 1. The van der Waals surface area contributed by atoms with Gasteiger partial charge >= 0.3 is 5.97 Å². The summed E-state index contributed by atoms with van der Waals surface area (Å²) in [7, 11) is 0. The number of carbonyl (C=O) groups excluding carboxylic acids is 1. The van der Waals surface area contributed by atoms with Gasteiger partial charge < -0.3 is 4.74 Å². The molecule has 1 aromatic carbocycles. The minimum Gasteiger partial charge on any atom is -0.461 e. The molecule has 0 atom stereocenters. The number of benzene rings is 1.